The molecular weight excluding hydrogens is 239 g/mol. The molecule has 0 aliphatic rings. The van der Waals surface area contributed by atoms with Crippen LogP contribution in [0.15, 0.2) is 0 Å². The monoisotopic (exact) mass is 256 g/mol. The van der Waals surface area contributed by atoms with Crippen LogP contribution in [0.3, 0.4) is 0 Å². The summed E-state index contributed by atoms with van der Waals surface area (Å²) in [7, 11) is 2.25. The molecule has 0 rings (SSSR count). The van der Waals surface area contributed by atoms with Crippen molar-refractivity contribution in [2.45, 2.75) is 19.8 Å². The van der Waals surface area contributed by atoms with E-state index < -0.39 is 0 Å². The zero-order valence-electron chi connectivity index (χ0n) is 8.25. The first-order valence-electron chi connectivity index (χ1n) is 3.22. The fourth-order valence-corrected chi connectivity index (χ4v) is 0.144. The predicted molar refractivity (Wildman–Crippen MR) is 37.5 cm³/mol. The molecule has 0 fully saturated rings. The van der Waals surface area contributed by atoms with Crippen LogP contribution in [0.25, 0.3) is 0 Å². The van der Waals surface area contributed by atoms with Gasteiger partial charge in [0.05, 0.1) is 0 Å². The van der Waals surface area contributed by atoms with Crippen molar-refractivity contribution < 1.29 is 46.6 Å². The van der Waals surface area contributed by atoms with Crippen molar-refractivity contribution in [2.24, 2.45) is 0 Å². The molecule has 74 valence electrons. The van der Waals surface area contributed by atoms with Crippen LogP contribution in [-0.4, -0.2) is 27.9 Å². The summed E-state index contributed by atoms with van der Waals surface area (Å²) in [4.78, 5) is 0. The molecule has 0 N–H and O–H groups in total. The number of hydrogen-bond acceptors (Lipinski definition) is 4. The molecule has 0 aromatic heterocycles. The molecule has 0 amide bonds. The normalized spacial score (nSPS) is 5.00. The predicted octanol–water partition coefficient (Wildman–Crippen LogP) is -2.93. The molecule has 0 aliphatic heterocycles. The Morgan fingerprint density at radius 3 is 1.08 bits per heavy atom. The van der Waals surface area contributed by atoms with Crippen molar-refractivity contribution in [3.05, 3.63) is 0 Å². The van der Waals surface area contributed by atoms with Crippen LogP contribution in [-0.2, 0) is 26.2 Å². The Hall–Kier alpha value is 0.723. The first-order valence-corrected chi connectivity index (χ1v) is 3.22. The third-order valence-electron chi connectivity index (χ3n) is 0.498. The molecule has 0 radical (unpaired) electrons. The molecule has 0 aliphatic carbocycles. The standard InChI is InChI=1S/C4H9O.3CH3O.Zr/c1-2-3-4-5;3*1-2;/h2-4H2,1H3;3*1H3;/q4*-1;+4. The summed E-state index contributed by atoms with van der Waals surface area (Å²) >= 11 is 0. The second kappa shape index (κ2) is 97.2. The van der Waals surface area contributed by atoms with Gasteiger partial charge in [-0.2, -0.15) is 21.3 Å². The Morgan fingerprint density at radius 2 is 1.08 bits per heavy atom. The van der Waals surface area contributed by atoms with Gasteiger partial charge in [-0.1, -0.05) is 19.8 Å². The maximum atomic E-state index is 9.53. The van der Waals surface area contributed by atoms with Gasteiger partial charge in [0.25, 0.3) is 0 Å². The maximum Gasteiger partial charge on any atom is 4.00 e. The Balaban J connectivity index is -0.0000000203. The van der Waals surface area contributed by atoms with Crippen molar-refractivity contribution in [2.75, 3.05) is 27.9 Å². The molecule has 0 unspecified atom stereocenters. The van der Waals surface area contributed by atoms with Gasteiger partial charge in [0.15, 0.2) is 0 Å². The van der Waals surface area contributed by atoms with Crippen LogP contribution in [0.1, 0.15) is 19.8 Å². The first kappa shape index (κ1) is 29.3. The Bertz CT molecular complexity index is 22.9. The molecular formula is C7H18O4Zr. The van der Waals surface area contributed by atoms with Gasteiger partial charge < -0.3 is 20.4 Å². The molecule has 0 aromatic rings. The molecule has 5 heteroatoms. The second-order valence-corrected chi connectivity index (χ2v) is 1.06. The van der Waals surface area contributed by atoms with E-state index in [9.17, 15) is 5.11 Å². The molecule has 12 heavy (non-hydrogen) atoms. The molecule has 0 spiro atoms. The molecule has 0 heterocycles. The minimum atomic E-state index is 0. The van der Waals surface area contributed by atoms with Crippen LogP contribution >= 0.6 is 0 Å². The zero-order valence-corrected chi connectivity index (χ0v) is 10.7. The van der Waals surface area contributed by atoms with E-state index in [0.717, 1.165) is 34.2 Å². The average molecular weight is 257 g/mol. The fourth-order valence-electron chi connectivity index (χ4n) is 0.144. The third kappa shape index (κ3) is 137. The van der Waals surface area contributed by atoms with E-state index >= 15 is 0 Å². The summed E-state index contributed by atoms with van der Waals surface area (Å²) in [6.07, 6.45) is 1.86. The molecule has 0 aromatic carbocycles. The summed E-state index contributed by atoms with van der Waals surface area (Å²) < 4.78 is 0. The van der Waals surface area contributed by atoms with Crippen LogP contribution in [0.2, 0.25) is 0 Å². The molecule has 4 nitrogen and oxygen atoms in total. The molecule has 0 saturated carbocycles. The smallest absolute Gasteiger partial charge is 0.857 e. The van der Waals surface area contributed by atoms with Gasteiger partial charge in [0.1, 0.15) is 0 Å². The van der Waals surface area contributed by atoms with Gasteiger partial charge in [-0.25, -0.2) is 0 Å². The van der Waals surface area contributed by atoms with Crippen LogP contribution in [0.5, 0.6) is 0 Å². The number of rotatable bonds is 2. The van der Waals surface area contributed by atoms with Crippen LogP contribution in [0, 0.1) is 0 Å². The van der Waals surface area contributed by atoms with Gasteiger partial charge in [-0.15, -0.1) is 6.61 Å². The minimum Gasteiger partial charge on any atom is -0.857 e. The van der Waals surface area contributed by atoms with E-state index in [1.165, 1.54) is 0 Å². The van der Waals surface area contributed by atoms with Crippen molar-refractivity contribution in [1.29, 1.82) is 0 Å². The quantitative estimate of drug-likeness (QED) is 0.529. The van der Waals surface area contributed by atoms with Gasteiger partial charge >= 0.3 is 26.2 Å². The Kier molecular flexibility index (Phi) is 238. The van der Waals surface area contributed by atoms with Crippen molar-refractivity contribution in [1.82, 2.24) is 0 Å². The summed E-state index contributed by atoms with van der Waals surface area (Å²) in [6, 6.07) is 0. The van der Waals surface area contributed by atoms with Gasteiger partial charge in [0.2, 0.25) is 0 Å². The van der Waals surface area contributed by atoms with E-state index in [-0.39, 0.29) is 32.8 Å². The fraction of sp³-hybridized carbons (Fsp3) is 1.00. The van der Waals surface area contributed by atoms with Crippen molar-refractivity contribution in [3.8, 4) is 0 Å². The molecule has 0 atom stereocenters. The minimum absolute atomic E-state index is 0. The Labute approximate surface area is 94.4 Å². The van der Waals surface area contributed by atoms with E-state index in [1.54, 1.807) is 0 Å². The van der Waals surface area contributed by atoms with E-state index in [0.29, 0.717) is 0 Å². The van der Waals surface area contributed by atoms with Crippen molar-refractivity contribution in [3.63, 3.8) is 0 Å². The third-order valence-corrected chi connectivity index (χ3v) is 0.498. The topological polar surface area (TPSA) is 92.2 Å². The van der Waals surface area contributed by atoms with E-state index in [2.05, 4.69) is 0 Å². The Morgan fingerprint density at radius 1 is 0.833 bits per heavy atom. The number of unbranched alkanes of at least 4 members (excludes halogenated alkanes) is 1. The number of hydrogen-bond donors (Lipinski definition) is 0. The SMILES string of the molecule is CCCC[O-].C[O-].C[O-].C[O-].[Zr+4]. The van der Waals surface area contributed by atoms with Gasteiger partial charge in [-0.05, 0) is 0 Å². The van der Waals surface area contributed by atoms with Gasteiger partial charge in [-0.3, -0.25) is 0 Å². The molecule has 0 bridgehead atoms. The van der Waals surface area contributed by atoms with Crippen LogP contribution < -0.4 is 20.4 Å². The summed E-state index contributed by atoms with van der Waals surface area (Å²) in [6.45, 7) is 2.11. The van der Waals surface area contributed by atoms with E-state index in [4.69, 9.17) is 15.3 Å². The maximum absolute atomic E-state index is 9.53. The molecule has 0 saturated heterocycles. The largest absolute Gasteiger partial charge is 4.00 e. The zero-order chi connectivity index (χ0) is 10.1. The van der Waals surface area contributed by atoms with Crippen LogP contribution in [0.4, 0.5) is 0 Å². The van der Waals surface area contributed by atoms with E-state index in [1.807, 2.05) is 6.92 Å². The van der Waals surface area contributed by atoms with Gasteiger partial charge in [0, 0.05) is 0 Å². The summed E-state index contributed by atoms with van der Waals surface area (Å²) in [5.74, 6) is 0. The average Bonchev–Trinajstić information content (AvgIpc) is 2.16. The first-order chi connectivity index (χ1) is 5.41. The summed E-state index contributed by atoms with van der Waals surface area (Å²) in [5.41, 5.74) is 0. The van der Waals surface area contributed by atoms with Crippen molar-refractivity contribution >= 4 is 0 Å². The summed E-state index contributed by atoms with van der Waals surface area (Å²) in [5, 5.41) is 34.3. The second-order valence-electron chi connectivity index (χ2n) is 1.06.